The SMILES string of the molecule is C=C(CC)c1ccc2c(c1)CCCC2N1CCN(C)C1. The van der Waals surface area contributed by atoms with Crippen molar-refractivity contribution in [2.75, 3.05) is 26.8 Å². The predicted octanol–water partition coefficient (Wildman–Crippen LogP) is 3.69. The Morgan fingerprint density at radius 1 is 1.35 bits per heavy atom. The van der Waals surface area contributed by atoms with Gasteiger partial charge in [0.1, 0.15) is 0 Å². The van der Waals surface area contributed by atoms with Crippen molar-refractivity contribution in [1.29, 1.82) is 0 Å². The van der Waals surface area contributed by atoms with Gasteiger partial charge in [0.05, 0.1) is 6.67 Å². The summed E-state index contributed by atoms with van der Waals surface area (Å²) in [4.78, 5) is 5.06. The van der Waals surface area contributed by atoms with Crippen LogP contribution in [0.5, 0.6) is 0 Å². The Kier molecular flexibility index (Phi) is 3.95. The minimum absolute atomic E-state index is 0.632. The van der Waals surface area contributed by atoms with Crippen LogP contribution in [0.2, 0.25) is 0 Å². The standard InChI is InChI=1S/C18H26N2/c1-4-14(2)15-8-9-17-16(12-15)6-5-7-18(17)20-11-10-19(3)13-20/h8-9,12,18H,2,4-7,10-11,13H2,1,3H3. The number of fused-ring (bicyclic) bond motifs is 1. The van der Waals surface area contributed by atoms with E-state index in [2.05, 4.69) is 48.5 Å². The second kappa shape index (κ2) is 5.71. The van der Waals surface area contributed by atoms with Crippen LogP contribution >= 0.6 is 0 Å². The maximum atomic E-state index is 4.18. The van der Waals surface area contributed by atoms with E-state index in [1.165, 1.54) is 43.5 Å². The smallest absolute Gasteiger partial charge is 0.0510 e. The van der Waals surface area contributed by atoms with E-state index in [-0.39, 0.29) is 0 Å². The van der Waals surface area contributed by atoms with Gasteiger partial charge in [-0.1, -0.05) is 31.7 Å². The minimum atomic E-state index is 0.632. The fourth-order valence-corrected chi connectivity index (χ4v) is 3.60. The largest absolute Gasteiger partial charge is 0.292 e. The number of likely N-dealkylation sites (N-methyl/N-ethyl adjacent to an activating group) is 1. The highest BCUT2D eigenvalue weighted by Crippen LogP contribution is 2.36. The zero-order valence-electron chi connectivity index (χ0n) is 12.9. The molecule has 3 rings (SSSR count). The van der Waals surface area contributed by atoms with Crippen molar-refractivity contribution in [1.82, 2.24) is 9.80 Å². The van der Waals surface area contributed by atoms with Crippen molar-refractivity contribution in [2.45, 2.75) is 38.6 Å². The van der Waals surface area contributed by atoms with E-state index in [4.69, 9.17) is 0 Å². The van der Waals surface area contributed by atoms with Crippen LogP contribution in [0.4, 0.5) is 0 Å². The van der Waals surface area contributed by atoms with Crippen molar-refractivity contribution in [2.24, 2.45) is 0 Å². The van der Waals surface area contributed by atoms with E-state index < -0.39 is 0 Å². The summed E-state index contributed by atoms with van der Waals surface area (Å²) in [5.74, 6) is 0. The van der Waals surface area contributed by atoms with E-state index in [0.717, 1.165) is 13.1 Å². The van der Waals surface area contributed by atoms with Crippen LogP contribution in [0.1, 0.15) is 48.9 Å². The van der Waals surface area contributed by atoms with Crippen LogP contribution < -0.4 is 0 Å². The van der Waals surface area contributed by atoms with Crippen molar-refractivity contribution in [3.63, 3.8) is 0 Å². The Morgan fingerprint density at radius 2 is 2.20 bits per heavy atom. The number of nitrogens with zero attached hydrogens (tertiary/aromatic N) is 2. The molecule has 20 heavy (non-hydrogen) atoms. The average Bonchev–Trinajstić information content (AvgIpc) is 2.91. The van der Waals surface area contributed by atoms with Crippen molar-refractivity contribution >= 4 is 5.57 Å². The summed E-state index contributed by atoms with van der Waals surface area (Å²) in [6.45, 7) is 9.90. The van der Waals surface area contributed by atoms with Gasteiger partial charge < -0.3 is 0 Å². The van der Waals surface area contributed by atoms with E-state index in [1.807, 2.05) is 0 Å². The summed E-state index contributed by atoms with van der Waals surface area (Å²) >= 11 is 0. The highest BCUT2D eigenvalue weighted by molar-refractivity contribution is 5.64. The Morgan fingerprint density at radius 3 is 2.90 bits per heavy atom. The van der Waals surface area contributed by atoms with E-state index >= 15 is 0 Å². The molecule has 0 saturated carbocycles. The van der Waals surface area contributed by atoms with Gasteiger partial charge in [-0.3, -0.25) is 9.80 Å². The second-order valence-corrected chi connectivity index (χ2v) is 6.31. The maximum Gasteiger partial charge on any atom is 0.0510 e. The highest BCUT2D eigenvalue weighted by Gasteiger charge is 2.29. The number of benzene rings is 1. The Labute approximate surface area is 123 Å². The average molecular weight is 270 g/mol. The molecule has 0 bridgehead atoms. The monoisotopic (exact) mass is 270 g/mol. The number of rotatable bonds is 3. The van der Waals surface area contributed by atoms with Gasteiger partial charge in [-0.15, -0.1) is 0 Å². The third-order valence-electron chi connectivity index (χ3n) is 4.89. The zero-order valence-corrected chi connectivity index (χ0v) is 12.9. The van der Waals surface area contributed by atoms with E-state index in [0.29, 0.717) is 6.04 Å². The van der Waals surface area contributed by atoms with Gasteiger partial charge in [-0.2, -0.15) is 0 Å². The molecule has 0 spiro atoms. The van der Waals surface area contributed by atoms with Crippen molar-refractivity contribution in [3.8, 4) is 0 Å². The fraction of sp³-hybridized carbons (Fsp3) is 0.556. The molecule has 0 N–H and O–H groups in total. The van der Waals surface area contributed by atoms with E-state index in [9.17, 15) is 0 Å². The van der Waals surface area contributed by atoms with E-state index in [1.54, 1.807) is 11.1 Å². The minimum Gasteiger partial charge on any atom is -0.292 e. The molecule has 1 aliphatic heterocycles. The lowest BCUT2D eigenvalue weighted by Crippen LogP contribution is -2.30. The lowest BCUT2D eigenvalue weighted by molar-refractivity contribution is 0.189. The lowest BCUT2D eigenvalue weighted by atomic mass is 9.85. The highest BCUT2D eigenvalue weighted by atomic mass is 15.4. The fourth-order valence-electron chi connectivity index (χ4n) is 3.60. The first-order chi connectivity index (χ1) is 9.69. The van der Waals surface area contributed by atoms with Crippen LogP contribution in [0.25, 0.3) is 5.57 Å². The lowest BCUT2D eigenvalue weighted by Gasteiger charge is -2.33. The molecule has 2 heteroatoms. The molecule has 1 fully saturated rings. The molecule has 0 aromatic heterocycles. The summed E-state index contributed by atoms with van der Waals surface area (Å²) in [7, 11) is 2.22. The number of hydrogen-bond donors (Lipinski definition) is 0. The Balaban J connectivity index is 1.87. The van der Waals surface area contributed by atoms with Crippen LogP contribution in [0, 0.1) is 0 Å². The topological polar surface area (TPSA) is 6.48 Å². The van der Waals surface area contributed by atoms with Gasteiger partial charge in [0, 0.05) is 19.1 Å². The van der Waals surface area contributed by atoms with Crippen LogP contribution in [0.3, 0.4) is 0 Å². The first-order valence-electron chi connectivity index (χ1n) is 7.92. The summed E-state index contributed by atoms with van der Waals surface area (Å²) in [5, 5.41) is 0. The Hall–Kier alpha value is -1.12. The summed E-state index contributed by atoms with van der Waals surface area (Å²) in [6, 6.07) is 7.68. The Bertz CT molecular complexity index is 506. The molecule has 1 atom stereocenters. The second-order valence-electron chi connectivity index (χ2n) is 6.31. The molecule has 1 aromatic carbocycles. The van der Waals surface area contributed by atoms with Crippen molar-refractivity contribution in [3.05, 3.63) is 41.5 Å². The number of allylic oxidation sites excluding steroid dienone is 1. The molecule has 2 aliphatic rings. The number of hydrogen-bond acceptors (Lipinski definition) is 2. The summed E-state index contributed by atoms with van der Waals surface area (Å²) < 4.78 is 0. The molecule has 1 unspecified atom stereocenters. The predicted molar refractivity (Wildman–Crippen MR) is 85.6 cm³/mol. The quantitative estimate of drug-likeness (QED) is 0.826. The van der Waals surface area contributed by atoms with Gasteiger partial charge in [-0.05, 0) is 55.0 Å². The first-order valence-corrected chi connectivity index (χ1v) is 7.92. The van der Waals surface area contributed by atoms with Crippen LogP contribution in [-0.4, -0.2) is 36.6 Å². The zero-order chi connectivity index (χ0) is 14.1. The van der Waals surface area contributed by atoms with Gasteiger partial charge in [0.15, 0.2) is 0 Å². The van der Waals surface area contributed by atoms with Crippen LogP contribution in [-0.2, 0) is 6.42 Å². The molecule has 108 valence electrons. The summed E-state index contributed by atoms with van der Waals surface area (Å²) in [6.07, 6.45) is 4.91. The first kappa shape index (κ1) is 13.8. The number of aryl methyl sites for hydroxylation is 1. The third-order valence-corrected chi connectivity index (χ3v) is 4.89. The van der Waals surface area contributed by atoms with Gasteiger partial charge in [0.2, 0.25) is 0 Å². The van der Waals surface area contributed by atoms with Gasteiger partial charge in [0.25, 0.3) is 0 Å². The third kappa shape index (κ3) is 2.55. The molecule has 1 heterocycles. The molecular weight excluding hydrogens is 244 g/mol. The molecule has 1 aliphatic carbocycles. The van der Waals surface area contributed by atoms with Crippen LogP contribution in [0.15, 0.2) is 24.8 Å². The molecule has 1 saturated heterocycles. The van der Waals surface area contributed by atoms with Gasteiger partial charge >= 0.3 is 0 Å². The molecule has 0 radical (unpaired) electrons. The maximum absolute atomic E-state index is 4.18. The normalized spacial score (nSPS) is 23.8. The van der Waals surface area contributed by atoms with Gasteiger partial charge in [-0.25, -0.2) is 0 Å². The molecule has 0 amide bonds. The molecule has 1 aromatic rings. The summed E-state index contributed by atoms with van der Waals surface area (Å²) in [5.41, 5.74) is 5.73. The molecular formula is C18H26N2. The van der Waals surface area contributed by atoms with Crippen molar-refractivity contribution < 1.29 is 0 Å². The molecule has 2 nitrogen and oxygen atoms in total.